The summed E-state index contributed by atoms with van der Waals surface area (Å²) >= 11 is 3.26. The summed E-state index contributed by atoms with van der Waals surface area (Å²) in [5, 5.41) is 6.48. The van der Waals surface area contributed by atoms with E-state index < -0.39 is 0 Å². The van der Waals surface area contributed by atoms with E-state index in [2.05, 4.69) is 36.3 Å². The maximum absolute atomic E-state index is 11.5. The van der Waals surface area contributed by atoms with Crippen LogP contribution in [0.5, 0.6) is 0 Å². The molecule has 2 rings (SSSR count). The summed E-state index contributed by atoms with van der Waals surface area (Å²) in [4.78, 5) is 19.3. The first-order chi connectivity index (χ1) is 7.74. The lowest BCUT2D eigenvalue weighted by Crippen LogP contribution is -2.19. The number of nitrogens with one attached hydrogen (secondary N) is 1. The molecule has 6 nitrogen and oxygen atoms in total. The van der Waals surface area contributed by atoms with Crippen molar-refractivity contribution in [2.75, 3.05) is 5.32 Å². The molecule has 7 heteroatoms. The monoisotopic (exact) mass is 281 g/mol. The number of hydrogen-bond acceptors (Lipinski definition) is 4. The SMILES string of the molecule is O=C(Cn1cncn1)Nc1ccc(Br)cn1. The average Bonchev–Trinajstić information content (AvgIpc) is 2.74. The Hall–Kier alpha value is -1.76. The van der Waals surface area contributed by atoms with Crippen molar-refractivity contribution in [1.29, 1.82) is 0 Å². The lowest BCUT2D eigenvalue weighted by atomic mass is 10.4. The first kappa shape index (κ1) is 10.7. The molecule has 16 heavy (non-hydrogen) atoms. The Morgan fingerprint density at radius 3 is 3.00 bits per heavy atom. The van der Waals surface area contributed by atoms with Gasteiger partial charge in [-0.25, -0.2) is 14.6 Å². The second kappa shape index (κ2) is 4.84. The highest BCUT2D eigenvalue weighted by molar-refractivity contribution is 9.10. The van der Waals surface area contributed by atoms with E-state index in [1.54, 1.807) is 18.3 Å². The van der Waals surface area contributed by atoms with E-state index in [4.69, 9.17) is 0 Å². The second-order valence-corrected chi connectivity index (χ2v) is 3.92. The zero-order valence-electron chi connectivity index (χ0n) is 8.17. The fourth-order valence-electron chi connectivity index (χ4n) is 1.09. The summed E-state index contributed by atoms with van der Waals surface area (Å²) < 4.78 is 2.30. The molecule has 0 bridgehead atoms. The Kier molecular flexibility index (Phi) is 3.25. The molecular weight excluding hydrogens is 274 g/mol. The van der Waals surface area contributed by atoms with Gasteiger partial charge in [0.15, 0.2) is 0 Å². The van der Waals surface area contributed by atoms with Crippen molar-refractivity contribution in [2.24, 2.45) is 0 Å². The molecule has 0 spiro atoms. The van der Waals surface area contributed by atoms with Crippen LogP contribution in [0.25, 0.3) is 0 Å². The molecule has 0 radical (unpaired) electrons. The topological polar surface area (TPSA) is 72.7 Å². The number of carbonyl (C=O) groups excluding carboxylic acids is 1. The van der Waals surface area contributed by atoms with Crippen molar-refractivity contribution in [3.05, 3.63) is 35.5 Å². The molecule has 0 aliphatic carbocycles. The van der Waals surface area contributed by atoms with E-state index in [1.807, 2.05) is 0 Å². The lowest BCUT2D eigenvalue weighted by molar-refractivity contribution is -0.116. The van der Waals surface area contributed by atoms with Crippen LogP contribution in [0.1, 0.15) is 0 Å². The molecule has 1 amide bonds. The van der Waals surface area contributed by atoms with Gasteiger partial charge in [-0.3, -0.25) is 4.79 Å². The summed E-state index contributed by atoms with van der Waals surface area (Å²) in [7, 11) is 0. The maximum Gasteiger partial charge on any atom is 0.247 e. The van der Waals surface area contributed by atoms with Crippen LogP contribution >= 0.6 is 15.9 Å². The summed E-state index contributed by atoms with van der Waals surface area (Å²) in [6, 6.07) is 3.52. The fourth-order valence-corrected chi connectivity index (χ4v) is 1.33. The highest BCUT2D eigenvalue weighted by Gasteiger charge is 2.04. The van der Waals surface area contributed by atoms with Gasteiger partial charge < -0.3 is 5.32 Å². The Bertz CT molecular complexity index is 467. The number of anilines is 1. The van der Waals surface area contributed by atoms with Gasteiger partial charge in [0.25, 0.3) is 0 Å². The Morgan fingerprint density at radius 1 is 1.50 bits per heavy atom. The number of halogens is 1. The smallest absolute Gasteiger partial charge is 0.247 e. The van der Waals surface area contributed by atoms with E-state index in [1.165, 1.54) is 17.3 Å². The van der Waals surface area contributed by atoms with Crippen molar-refractivity contribution in [3.8, 4) is 0 Å². The largest absolute Gasteiger partial charge is 0.309 e. The minimum absolute atomic E-state index is 0.123. The van der Waals surface area contributed by atoms with Crippen molar-refractivity contribution in [2.45, 2.75) is 6.54 Å². The molecule has 2 heterocycles. The number of hydrogen-bond donors (Lipinski definition) is 1. The quantitative estimate of drug-likeness (QED) is 0.914. The van der Waals surface area contributed by atoms with Crippen molar-refractivity contribution in [1.82, 2.24) is 19.7 Å². The van der Waals surface area contributed by atoms with Crippen LogP contribution in [-0.2, 0) is 11.3 Å². The van der Waals surface area contributed by atoms with Crippen molar-refractivity contribution in [3.63, 3.8) is 0 Å². The third kappa shape index (κ3) is 2.86. The molecule has 2 aromatic heterocycles. The summed E-state index contributed by atoms with van der Waals surface area (Å²) in [5.74, 6) is 0.314. The third-order valence-corrected chi connectivity index (χ3v) is 2.24. The van der Waals surface area contributed by atoms with Crippen LogP contribution in [-0.4, -0.2) is 25.7 Å². The third-order valence-electron chi connectivity index (χ3n) is 1.77. The van der Waals surface area contributed by atoms with Gasteiger partial charge in [-0.15, -0.1) is 0 Å². The predicted octanol–water partition coefficient (Wildman–Crippen LogP) is 1.07. The number of carbonyl (C=O) groups is 1. The predicted molar refractivity (Wildman–Crippen MR) is 60.6 cm³/mol. The summed E-state index contributed by atoms with van der Waals surface area (Å²) in [6.45, 7) is 0.123. The number of rotatable bonds is 3. The molecule has 2 aromatic rings. The van der Waals surface area contributed by atoms with E-state index in [9.17, 15) is 4.79 Å². The van der Waals surface area contributed by atoms with E-state index in [-0.39, 0.29) is 12.5 Å². The molecular formula is C9H8BrN5O. The minimum Gasteiger partial charge on any atom is -0.309 e. The molecule has 0 saturated carbocycles. The van der Waals surface area contributed by atoms with Crippen LogP contribution in [0.2, 0.25) is 0 Å². The van der Waals surface area contributed by atoms with Crippen LogP contribution in [0.4, 0.5) is 5.82 Å². The highest BCUT2D eigenvalue weighted by atomic mass is 79.9. The normalized spacial score (nSPS) is 10.1. The average molecular weight is 282 g/mol. The molecule has 0 fully saturated rings. The molecule has 0 aliphatic rings. The molecule has 82 valence electrons. The lowest BCUT2D eigenvalue weighted by Gasteiger charge is -2.03. The Labute approximate surface area is 99.8 Å². The van der Waals surface area contributed by atoms with Gasteiger partial charge in [0, 0.05) is 10.7 Å². The Balaban J connectivity index is 1.95. The first-order valence-corrected chi connectivity index (χ1v) is 5.27. The molecule has 0 aromatic carbocycles. The zero-order chi connectivity index (χ0) is 11.4. The maximum atomic E-state index is 11.5. The van der Waals surface area contributed by atoms with Gasteiger partial charge in [0.2, 0.25) is 5.91 Å². The van der Waals surface area contributed by atoms with Gasteiger partial charge in [-0.1, -0.05) is 0 Å². The van der Waals surface area contributed by atoms with E-state index in [0.29, 0.717) is 5.82 Å². The minimum atomic E-state index is -0.194. The van der Waals surface area contributed by atoms with Crippen LogP contribution in [0.3, 0.4) is 0 Å². The van der Waals surface area contributed by atoms with Crippen LogP contribution in [0, 0.1) is 0 Å². The van der Waals surface area contributed by atoms with E-state index >= 15 is 0 Å². The first-order valence-electron chi connectivity index (χ1n) is 4.48. The highest BCUT2D eigenvalue weighted by Crippen LogP contribution is 2.10. The molecule has 1 N–H and O–H groups in total. The van der Waals surface area contributed by atoms with Gasteiger partial charge in [-0.05, 0) is 28.1 Å². The van der Waals surface area contributed by atoms with Crippen LogP contribution in [0.15, 0.2) is 35.5 Å². The van der Waals surface area contributed by atoms with E-state index in [0.717, 1.165) is 4.47 Å². The summed E-state index contributed by atoms with van der Waals surface area (Å²) in [5.41, 5.74) is 0. The van der Waals surface area contributed by atoms with Crippen molar-refractivity contribution >= 4 is 27.7 Å². The van der Waals surface area contributed by atoms with Gasteiger partial charge in [0.05, 0.1) is 0 Å². The molecule has 0 aliphatic heterocycles. The summed E-state index contributed by atoms with van der Waals surface area (Å²) in [6.07, 6.45) is 4.48. The molecule has 0 unspecified atom stereocenters. The van der Waals surface area contributed by atoms with Gasteiger partial charge in [-0.2, -0.15) is 5.10 Å². The number of aromatic nitrogens is 4. The Morgan fingerprint density at radius 2 is 2.38 bits per heavy atom. The van der Waals surface area contributed by atoms with Crippen LogP contribution < -0.4 is 5.32 Å². The second-order valence-electron chi connectivity index (χ2n) is 3.00. The molecule has 0 atom stereocenters. The van der Waals surface area contributed by atoms with Gasteiger partial charge in [0.1, 0.15) is 25.0 Å². The van der Waals surface area contributed by atoms with Gasteiger partial charge >= 0.3 is 0 Å². The molecule has 0 saturated heterocycles. The van der Waals surface area contributed by atoms with Crippen molar-refractivity contribution < 1.29 is 4.79 Å². The fraction of sp³-hybridized carbons (Fsp3) is 0.111. The standard InChI is InChI=1S/C9H8BrN5O/c10-7-1-2-8(12-3-7)14-9(16)4-15-6-11-5-13-15/h1-3,5-6H,4H2,(H,12,14,16). The number of pyridine rings is 1. The zero-order valence-corrected chi connectivity index (χ0v) is 9.75. The number of amides is 1. The number of nitrogens with zero attached hydrogens (tertiary/aromatic N) is 4.